The average molecular weight is 1280 g/mol. The molecule has 0 aliphatic heterocycles. The van der Waals surface area contributed by atoms with Gasteiger partial charge in [-0.3, -0.25) is 0 Å². The van der Waals surface area contributed by atoms with Crippen molar-refractivity contribution in [1.82, 2.24) is 29.9 Å². The number of nitrogens with zero attached hydrogens (tertiary/aromatic N) is 6. The van der Waals surface area contributed by atoms with E-state index in [1.54, 1.807) is 97.1 Å². The van der Waals surface area contributed by atoms with Crippen LogP contribution in [0.3, 0.4) is 0 Å². The number of carboxylic acids is 8. The largest absolute Gasteiger partial charge is 1.00 e. The molecule has 0 unspecified atom stereocenters. The Kier molecular flexibility index (Phi) is 30.7. The molecule has 8 N–H and O–H groups in total. The van der Waals surface area contributed by atoms with Crippen LogP contribution < -0.4 is 169 Å². The number of aliphatic carboxylic acids is 8. The van der Waals surface area contributed by atoms with Crippen LogP contribution in [0.5, 0.6) is 11.5 Å². The maximum absolute atomic E-state index is 11.2. The number of carbonyl (C=O) groups excluding carboxylic acids is 4. The minimum absolute atomic E-state index is 0. The summed E-state index contributed by atoms with van der Waals surface area (Å²) in [5, 5.41) is 92.5. The molecule has 0 radical (unpaired) electrons. The predicted octanol–water partition coefficient (Wildman–Crippen LogP) is -9.04. The van der Waals surface area contributed by atoms with Crippen LogP contribution in [-0.2, 0) is 38.4 Å². The van der Waals surface area contributed by atoms with Gasteiger partial charge in [-0.25, -0.2) is 19.2 Å². The van der Waals surface area contributed by atoms with Gasteiger partial charge >= 0.3 is 142 Å². The molecule has 0 aliphatic rings. The van der Waals surface area contributed by atoms with Gasteiger partial charge in [0.25, 0.3) is 0 Å². The van der Waals surface area contributed by atoms with Crippen LogP contribution in [0.25, 0.3) is 47.1 Å². The summed E-state index contributed by atoms with van der Waals surface area (Å²) in [6.45, 7) is 0. The molecule has 32 heteroatoms. The van der Waals surface area contributed by atoms with E-state index in [0.29, 0.717) is 56.5 Å². The number of rotatable bonds is 24. The second-order valence-corrected chi connectivity index (χ2v) is 17.7. The summed E-state index contributed by atoms with van der Waals surface area (Å²) in [5.41, 5.74) is 0.872. The standard InChI is InChI=1S/2C30H23N5O9.4Na/c2*1-44-21-12-6-18(7-13-21)24-33-29(31-19-8-2-16(3-9-19)14-22(25(36)37)26(38)39)35-30(34-24)32-20-10-4-17(5-11-20)15-23(27(40)41)28(42)43;;;;/h2*2-15H,1H3,(H,36,37)(H,38,39)(H,40,41)(H,42,43)(H2,31,32,33,34,35);;;;/q;;4*+1/p-4. The molecule has 0 aliphatic carbocycles. The van der Waals surface area contributed by atoms with Gasteiger partial charge in [-0.2, -0.15) is 29.9 Å². The molecule has 0 saturated carbocycles. The first-order valence-corrected chi connectivity index (χ1v) is 25.0. The molecule has 0 saturated heterocycles. The molecule has 0 amide bonds. The predicted molar refractivity (Wildman–Crippen MR) is 305 cm³/mol. The quantitative estimate of drug-likeness (QED) is 0.0121. The molecule has 92 heavy (non-hydrogen) atoms. The molecule has 2 heterocycles. The topological polar surface area (TPSA) is 454 Å². The van der Waals surface area contributed by atoms with E-state index in [-0.39, 0.29) is 165 Å². The van der Waals surface area contributed by atoms with Crippen molar-refractivity contribution >= 4 is 119 Å². The first-order chi connectivity index (χ1) is 42.0. The van der Waals surface area contributed by atoms with Crippen LogP contribution in [0.2, 0.25) is 0 Å². The van der Waals surface area contributed by atoms with E-state index in [2.05, 4.69) is 51.2 Å². The van der Waals surface area contributed by atoms with Crippen molar-refractivity contribution in [1.29, 1.82) is 0 Å². The Morgan fingerprint density at radius 3 is 0.717 bits per heavy atom. The normalized spacial score (nSPS) is 9.76. The van der Waals surface area contributed by atoms with E-state index >= 15 is 0 Å². The monoisotopic (exact) mass is 1280 g/mol. The number of methoxy groups -OCH3 is 2. The van der Waals surface area contributed by atoms with E-state index in [0.717, 1.165) is 24.3 Å². The number of hydrogen-bond acceptors (Lipinski definition) is 24. The van der Waals surface area contributed by atoms with Gasteiger partial charge < -0.3 is 90.8 Å². The van der Waals surface area contributed by atoms with Crippen molar-refractivity contribution in [2.45, 2.75) is 0 Å². The van der Waals surface area contributed by atoms with Crippen molar-refractivity contribution in [2.24, 2.45) is 0 Å². The molecule has 0 spiro atoms. The number of nitrogens with one attached hydrogen (secondary N) is 4. The van der Waals surface area contributed by atoms with Crippen LogP contribution in [0.4, 0.5) is 46.5 Å². The Labute approximate surface area is 609 Å². The Hall–Kier alpha value is -9.14. The Morgan fingerprint density at radius 1 is 0.326 bits per heavy atom. The third-order valence-electron chi connectivity index (χ3n) is 11.7. The Morgan fingerprint density at radius 2 is 0.533 bits per heavy atom. The number of carbonyl (C=O) groups is 8. The van der Waals surface area contributed by atoms with Crippen molar-refractivity contribution < 1.29 is 207 Å². The third-order valence-corrected chi connectivity index (χ3v) is 11.7. The molecular weight excluding hydrogens is 1240 g/mol. The molecule has 2 aromatic heterocycles. The van der Waals surface area contributed by atoms with Crippen LogP contribution >= 0.6 is 0 Å². The SMILES string of the molecule is COc1ccc(-c2nc(Nc3ccc(C=C(C(=O)[O-])C(=O)[O-])cc3)nc(Nc3ccc(C=C(C(=O)O)C(=O)O)cc3)n2)cc1.COc1ccc(-c2nc(Nc3ccc(C=C(C(=O)[O-])C(=O)[O-])cc3)nc(Nc3ccc(C=C(C(=O)O)C(=O)O)cc3)n2)cc1.[Na+].[Na+].[Na+].[Na+]. The summed E-state index contributed by atoms with van der Waals surface area (Å²) >= 11 is 0. The van der Waals surface area contributed by atoms with Gasteiger partial charge in [-0.05, 0) is 144 Å². The molecule has 6 aromatic carbocycles. The number of carboxylic acid groups (broad SMARTS) is 8. The van der Waals surface area contributed by atoms with Gasteiger partial charge in [0.05, 0.1) is 38.1 Å². The minimum Gasteiger partial charge on any atom is -0.545 e. The zero-order valence-electron chi connectivity index (χ0n) is 49.4. The van der Waals surface area contributed by atoms with Crippen molar-refractivity contribution in [3.8, 4) is 34.3 Å². The molecule has 0 bridgehead atoms. The fraction of sp³-hybridized carbons (Fsp3) is 0.0333. The van der Waals surface area contributed by atoms with E-state index in [1.165, 1.54) is 62.8 Å². The Bertz CT molecular complexity index is 3580. The van der Waals surface area contributed by atoms with Gasteiger partial charge in [0.1, 0.15) is 22.6 Å². The molecule has 444 valence electrons. The fourth-order valence-electron chi connectivity index (χ4n) is 7.38. The smallest absolute Gasteiger partial charge is 0.545 e. The van der Waals surface area contributed by atoms with Gasteiger partial charge in [-0.15, -0.1) is 0 Å². The maximum atomic E-state index is 11.2. The van der Waals surface area contributed by atoms with Crippen molar-refractivity contribution in [3.05, 3.63) is 190 Å². The number of aromatic nitrogens is 6. The second-order valence-electron chi connectivity index (χ2n) is 17.7. The van der Waals surface area contributed by atoms with Gasteiger partial charge in [-0.1, -0.05) is 48.5 Å². The maximum Gasteiger partial charge on any atom is 1.00 e. The molecule has 8 rings (SSSR count). The number of anilines is 8. The fourth-order valence-corrected chi connectivity index (χ4v) is 7.38. The average Bonchev–Trinajstić information content (AvgIpc) is 1.99. The summed E-state index contributed by atoms with van der Waals surface area (Å²) in [6.07, 6.45) is 3.87. The minimum atomic E-state index is -1.88. The van der Waals surface area contributed by atoms with Crippen LogP contribution in [0.1, 0.15) is 22.3 Å². The summed E-state index contributed by atoms with van der Waals surface area (Å²) in [6, 6.07) is 38.4. The first-order valence-electron chi connectivity index (χ1n) is 25.0. The summed E-state index contributed by atoms with van der Waals surface area (Å²) < 4.78 is 10.4. The summed E-state index contributed by atoms with van der Waals surface area (Å²) in [5.74, 6) is -11.5. The van der Waals surface area contributed by atoms with Gasteiger partial charge in [0.2, 0.25) is 23.8 Å². The molecule has 0 fully saturated rings. The molecule has 28 nitrogen and oxygen atoms in total. The summed E-state index contributed by atoms with van der Waals surface area (Å²) in [7, 11) is 3.07. The zero-order valence-corrected chi connectivity index (χ0v) is 57.4. The van der Waals surface area contributed by atoms with Crippen molar-refractivity contribution in [2.75, 3.05) is 35.5 Å². The van der Waals surface area contributed by atoms with Gasteiger partial charge in [0.15, 0.2) is 11.6 Å². The van der Waals surface area contributed by atoms with E-state index in [4.69, 9.17) is 29.9 Å². The van der Waals surface area contributed by atoms with Crippen LogP contribution in [0.15, 0.2) is 168 Å². The van der Waals surface area contributed by atoms with Gasteiger partial charge in [0, 0.05) is 45.0 Å². The molecular formula is C60H42N10Na4O18. The summed E-state index contributed by atoms with van der Waals surface area (Å²) in [4.78, 5) is 115. The van der Waals surface area contributed by atoms with Crippen LogP contribution in [-0.4, -0.2) is 112 Å². The second kappa shape index (κ2) is 36.6. The Balaban J connectivity index is 0.000000460. The van der Waals surface area contributed by atoms with Crippen LogP contribution in [0, 0.1) is 0 Å². The zero-order chi connectivity index (χ0) is 63.6. The van der Waals surface area contributed by atoms with Crippen molar-refractivity contribution in [3.63, 3.8) is 0 Å². The van der Waals surface area contributed by atoms with E-state index in [9.17, 15) is 58.8 Å². The van der Waals surface area contributed by atoms with E-state index < -0.39 is 70.0 Å². The van der Waals surface area contributed by atoms with E-state index in [1.807, 2.05) is 0 Å². The third kappa shape index (κ3) is 22.7. The first kappa shape index (κ1) is 77.1. The number of hydrogen-bond donors (Lipinski definition) is 8. The molecule has 8 aromatic rings. The number of ether oxygens (including phenoxy) is 2. The number of benzene rings is 6. The molecule has 0 atom stereocenters.